The standard InChI is InChI=1S/C15H23NO4S/c1-10-7-11(2)15(12(3)8-10)13(16)9-21(18,19)6-5-14(17)20-4/h7-8,13H,5-6,9,16H2,1-4H3. The van der Waals surface area contributed by atoms with Crippen molar-refractivity contribution in [2.45, 2.75) is 33.2 Å². The van der Waals surface area contributed by atoms with Crippen LogP contribution >= 0.6 is 0 Å². The number of carbonyl (C=O) groups is 1. The topological polar surface area (TPSA) is 86.5 Å². The van der Waals surface area contributed by atoms with Crippen LogP contribution in [0.2, 0.25) is 0 Å². The van der Waals surface area contributed by atoms with E-state index in [2.05, 4.69) is 4.74 Å². The van der Waals surface area contributed by atoms with Crippen molar-refractivity contribution in [3.05, 3.63) is 34.4 Å². The lowest BCUT2D eigenvalue weighted by molar-refractivity contribution is -0.140. The van der Waals surface area contributed by atoms with Crippen molar-refractivity contribution in [3.8, 4) is 0 Å². The minimum atomic E-state index is -3.40. The van der Waals surface area contributed by atoms with Crippen LogP contribution in [0.15, 0.2) is 12.1 Å². The van der Waals surface area contributed by atoms with Gasteiger partial charge in [0, 0.05) is 6.04 Å². The molecule has 1 unspecified atom stereocenters. The van der Waals surface area contributed by atoms with Gasteiger partial charge in [0.1, 0.15) is 0 Å². The number of hydrogen-bond donors (Lipinski definition) is 1. The van der Waals surface area contributed by atoms with Gasteiger partial charge in [-0.2, -0.15) is 0 Å². The zero-order valence-corrected chi connectivity index (χ0v) is 13.8. The number of methoxy groups -OCH3 is 1. The fourth-order valence-electron chi connectivity index (χ4n) is 2.56. The number of esters is 1. The van der Waals surface area contributed by atoms with E-state index in [1.807, 2.05) is 32.9 Å². The van der Waals surface area contributed by atoms with Crippen molar-refractivity contribution >= 4 is 15.8 Å². The maximum absolute atomic E-state index is 12.0. The predicted octanol–water partition coefficient (Wildman–Crippen LogP) is 1.59. The summed E-state index contributed by atoms with van der Waals surface area (Å²) in [5, 5.41) is 0. The number of rotatable bonds is 6. The monoisotopic (exact) mass is 313 g/mol. The molecule has 1 rings (SSSR count). The zero-order chi connectivity index (χ0) is 16.2. The van der Waals surface area contributed by atoms with Gasteiger partial charge in [0.05, 0.1) is 25.0 Å². The Balaban J connectivity index is 2.86. The van der Waals surface area contributed by atoms with Gasteiger partial charge in [-0.3, -0.25) is 4.79 Å². The summed E-state index contributed by atoms with van der Waals surface area (Å²) in [4.78, 5) is 11.0. The predicted molar refractivity (Wildman–Crippen MR) is 82.9 cm³/mol. The third kappa shape index (κ3) is 5.13. The van der Waals surface area contributed by atoms with Gasteiger partial charge >= 0.3 is 5.97 Å². The minimum Gasteiger partial charge on any atom is -0.469 e. The van der Waals surface area contributed by atoms with E-state index in [9.17, 15) is 13.2 Å². The van der Waals surface area contributed by atoms with Gasteiger partial charge in [-0.25, -0.2) is 8.42 Å². The van der Waals surface area contributed by atoms with E-state index < -0.39 is 21.8 Å². The number of sulfone groups is 1. The van der Waals surface area contributed by atoms with Gasteiger partial charge in [-0.05, 0) is 37.5 Å². The molecule has 5 nitrogen and oxygen atoms in total. The van der Waals surface area contributed by atoms with E-state index in [4.69, 9.17) is 5.73 Å². The molecule has 21 heavy (non-hydrogen) atoms. The molecule has 1 atom stereocenters. The Morgan fingerprint density at radius 2 is 1.76 bits per heavy atom. The van der Waals surface area contributed by atoms with E-state index >= 15 is 0 Å². The number of ether oxygens (including phenoxy) is 1. The molecule has 2 N–H and O–H groups in total. The van der Waals surface area contributed by atoms with Crippen LogP contribution in [0.5, 0.6) is 0 Å². The molecule has 1 aromatic rings. The Morgan fingerprint density at radius 3 is 2.24 bits per heavy atom. The fourth-order valence-corrected chi connectivity index (χ4v) is 3.92. The molecule has 0 amide bonds. The molecule has 0 aliphatic carbocycles. The molecule has 0 saturated heterocycles. The molecule has 0 aromatic heterocycles. The molecular weight excluding hydrogens is 290 g/mol. The second-order valence-corrected chi connectivity index (χ2v) is 7.59. The van der Waals surface area contributed by atoms with Crippen LogP contribution < -0.4 is 5.73 Å². The maximum atomic E-state index is 12.0. The average molecular weight is 313 g/mol. The first-order chi connectivity index (χ1) is 9.66. The fraction of sp³-hybridized carbons (Fsp3) is 0.533. The van der Waals surface area contributed by atoms with E-state index in [0.29, 0.717) is 0 Å². The van der Waals surface area contributed by atoms with Crippen LogP contribution in [0.25, 0.3) is 0 Å². The molecule has 0 radical (unpaired) electrons. The minimum absolute atomic E-state index is 0.141. The summed E-state index contributed by atoms with van der Waals surface area (Å²) in [5.41, 5.74) is 10.0. The molecular formula is C15H23NO4S. The van der Waals surface area contributed by atoms with Crippen LogP contribution in [-0.2, 0) is 19.4 Å². The van der Waals surface area contributed by atoms with Crippen molar-refractivity contribution in [1.29, 1.82) is 0 Å². The van der Waals surface area contributed by atoms with E-state index in [-0.39, 0.29) is 17.9 Å². The summed E-state index contributed by atoms with van der Waals surface area (Å²) in [5.74, 6) is -0.943. The molecule has 6 heteroatoms. The molecule has 0 saturated carbocycles. The summed E-state index contributed by atoms with van der Waals surface area (Å²) in [6.07, 6.45) is -0.141. The summed E-state index contributed by atoms with van der Waals surface area (Å²) in [7, 11) is -2.17. The first kappa shape index (κ1) is 17.7. The number of carbonyl (C=O) groups excluding carboxylic acids is 1. The molecule has 0 aliphatic rings. The van der Waals surface area contributed by atoms with Crippen molar-refractivity contribution in [2.75, 3.05) is 18.6 Å². The molecule has 0 spiro atoms. The average Bonchev–Trinajstić information content (AvgIpc) is 2.34. The van der Waals surface area contributed by atoms with Gasteiger partial charge in [-0.15, -0.1) is 0 Å². The third-order valence-corrected chi connectivity index (χ3v) is 5.08. The van der Waals surface area contributed by atoms with Crippen LogP contribution in [0, 0.1) is 20.8 Å². The van der Waals surface area contributed by atoms with Crippen molar-refractivity contribution in [2.24, 2.45) is 5.73 Å². The van der Waals surface area contributed by atoms with Gasteiger partial charge < -0.3 is 10.5 Å². The lowest BCUT2D eigenvalue weighted by Gasteiger charge is -2.18. The molecule has 0 aliphatic heterocycles. The quantitative estimate of drug-likeness (QED) is 0.806. The number of nitrogens with two attached hydrogens (primary N) is 1. The first-order valence-corrected chi connectivity index (χ1v) is 8.59. The van der Waals surface area contributed by atoms with E-state index in [1.54, 1.807) is 0 Å². The Kier molecular flexibility index (Phi) is 5.92. The summed E-state index contributed by atoms with van der Waals surface area (Å²) in [6.45, 7) is 5.84. The smallest absolute Gasteiger partial charge is 0.306 e. The molecule has 1 aromatic carbocycles. The third-order valence-electron chi connectivity index (χ3n) is 3.39. The Hall–Kier alpha value is -1.40. The summed E-state index contributed by atoms with van der Waals surface area (Å²) in [6, 6.07) is 3.39. The molecule has 0 bridgehead atoms. The molecule has 0 fully saturated rings. The van der Waals surface area contributed by atoms with Crippen molar-refractivity contribution in [3.63, 3.8) is 0 Å². The number of aryl methyl sites for hydroxylation is 3. The van der Waals surface area contributed by atoms with Crippen molar-refractivity contribution < 1.29 is 17.9 Å². The van der Waals surface area contributed by atoms with Crippen LogP contribution in [0.4, 0.5) is 0 Å². The molecule has 0 heterocycles. The normalized spacial score (nSPS) is 13.0. The number of hydrogen-bond acceptors (Lipinski definition) is 5. The van der Waals surface area contributed by atoms with Gasteiger partial charge in [0.2, 0.25) is 0 Å². The van der Waals surface area contributed by atoms with Gasteiger partial charge in [-0.1, -0.05) is 17.7 Å². The Morgan fingerprint density at radius 1 is 1.24 bits per heavy atom. The largest absolute Gasteiger partial charge is 0.469 e. The lowest BCUT2D eigenvalue weighted by Crippen LogP contribution is -2.26. The highest BCUT2D eigenvalue weighted by atomic mass is 32.2. The highest BCUT2D eigenvalue weighted by Gasteiger charge is 2.21. The molecule has 118 valence electrons. The number of benzene rings is 1. The van der Waals surface area contributed by atoms with E-state index in [0.717, 1.165) is 22.3 Å². The summed E-state index contributed by atoms with van der Waals surface area (Å²) >= 11 is 0. The SMILES string of the molecule is COC(=O)CCS(=O)(=O)CC(N)c1c(C)cc(C)cc1C. The van der Waals surface area contributed by atoms with Crippen LogP contribution in [0.1, 0.15) is 34.7 Å². The lowest BCUT2D eigenvalue weighted by atomic mass is 9.95. The Labute approximate surface area is 126 Å². The van der Waals surface area contributed by atoms with Crippen molar-refractivity contribution in [1.82, 2.24) is 0 Å². The highest BCUT2D eigenvalue weighted by Crippen LogP contribution is 2.23. The summed E-state index contributed by atoms with van der Waals surface area (Å²) < 4.78 is 28.5. The van der Waals surface area contributed by atoms with Crippen LogP contribution in [0.3, 0.4) is 0 Å². The second kappa shape index (κ2) is 7.04. The first-order valence-electron chi connectivity index (χ1n) is 6.77. The maximum Gasteiger partial charge on any atom is 0.306 e. The highest BCUT2D eigenvalue weighted by molar-refractivity contribution is 7.91. The van der Waals surface area contributed by atoms with Gasteiger partial charge in [0.15, 0.2) is 9.84 Å². The van der Waals surface area contributed by atoms with Crippen LogP contribution in [-0.4, -0.2) is 33.0 Å². The van der Waals surface area contributed by atoms with E-state index in [1.165, 1.54) is 7.11 Å². The zero-order valence-electron chi connectivity index (χ0n) is 13.0. The Bertz CT molecular complexity index is 600. The van der Waals surface area contributed by atoms with Gasteiger partial charge in [0.25, 0.3) is 0 Å². The second-order valence-electron chi connectivity index (χ2n) is 5.36.